The lowest BCUT2D eigenvalue weighted by atomic mass is 10.5. The van der Waals surface area contributed by atoms with Crippen LogP contribution in [0.5, 0.6) is 0 Å². The lowest BCUT2D eigenvalue weighted by Crippen LogP contribution is -2.14. The van der Waals surface area contributed by atoms with Gasteiger partial charge in [0.05, 0.1) is 19.1 Å². The standard InChI is InChI=1S/C8H10N2O3/c1-2-13-8(12)4-10-6-9-3-7(10)5-11/h3,5-6H,2,4H2,1H3. The van der Waals surface area contributed by atoms with Gasteiger partial charge in [0.2, 0.25) is 0 Å². The molecule has 0 aliphatic heterocycles. The van der Waals surface area contributed by atoms with E-state index >= 15 is 0 Å². The van der Waals surface area contributed by atoms with Crippen LogP contribution in [0.1, 0.15) is 17.4 Å². The van der Waals surface area contributed by atoms with E-state index in [-0.39, 0.29) is 12.5 Å². The zero-order chi connectivity index (χ0) is 9.68. The van der Waals surface area contributed by atoms with Crippen LogP contribution in [0.2, 0.25) is 0 Å². The maximum atomic E-state index is 11.0. The maximum absolute atomic E-state index is 11.0. The highest BCUT2D eigenvalue weighted by atomic mass is 16.5. The van der Waals surface area contributed by atoms with Crippen LogP contribution in [0.25, 0.3) is 0 Å². The smallest absolute Gasteiger partial charge is 0.326 e. The molecule has 0 unspecified atom stereocenters. The van der Waals surface area contributed by atoms with Gasteiger partial charge in [-0.15, -0.1) is 0 Å². The van der Waals surface area contributed by atoms with E-state index in [0.29, 0.717) is 18.6 Å². The summed E-state index contributed by atoms with van der Waals surface area (Å²) in [7, 11) is 0. The van der Waals surface area contributed by atoms with Gasteiger partial charge >= 0.3 is 5.97 Å². The number of aldehydes is 1. The highest BCUT2D eigenvalue weighted by Gasteiger charge is 2.06. The van der Waals surface area contributed by atoms with Crippen LogP contribution in [0.4, 0.5) is 0 Å². The number of carbonyl (C=O) groups excluding carboxylic acids is 2. The van der Waals surface area contributed by atoms with E-state index in [1.807, 2.05) is 0 Å². The van der Waals surface area contributed by atoms with Gasteiger partial charge in [-0.2, -0.15) is 0 Å². The summed E-state index contributed by atoms with van der Waals surface area (Å²) >= 11 is 0. The fourth-order valence-electron chi connectivity index (χ4n) is 0.907. The molecule has 0 atom stereocenters. The second-order valence-electron chi connectivity index (χ2n) is 2.37. The first-order chi connectivity index (χ1) is 6.27. The van der Waals surface area contributed by atoms with E-state index in [4.69, 9.17) is 4.74 Å². The predicted molar refractivity (Wildman–Crippen MR) is 44.2 cm³/mol. The Morgan fingerprint density at radius 2 is 2.54 bits per heavy atom. The van der Waals surface area contributed by atoms with Gasteiger partial charge < -0.3 is 9.30 Å². The van der Waals surface area contributed by atoms with E-state index in [2.05, 4.69) is 4.98 Å². The molecule has 1 aromatic rings. The largest absolute Gasteiger partial charge is 0.465 e. The topological polar surface area (TPSA) is 61.2 Å². The number of aromatic nitrogens is 2. The van der Waals surface area contributed by atoms with E-state index in [9.17, 15) is 9.59 Å². The molecule has 5 nitrogen and oxygen atoms in total. The average Bonchev–Trinajstić information content (AvgIpc) is 2.52. The normalized spacial score (nSPS) is 9.62. The molecule has 0 spiro atoms. The van der Waals surface area contributed by atoms with Crippen molar-refractivity contribution in [1.29, 1.82) is 0 Å². The van der Waals surface area contributed by atoms with Crippen LogP contribution in [0, 0.1) is 0 Å². The minimum absolute atomic E-state index is 0.0297. The van der Waals surface area contributed by atoms with Crippen LogP contribution in [0.15, 0.2) is 12.5 Å². The number of hydrogen-bond donors (Lipinski definition) is 0. The van der Waals surface area contributed by atoms with Crippen molar-refractivity contribution < 1.29 is 14.3 Å². The van der Waals surface area contributed by atoms with Gasteiger partial charge in [-0.3, -0.25) is 9.59 Å². The molecule has 70 valence electrons. The monoisotopic (exact) mass is 182 g/mol. The van der Waals surface area contributed by atoms with E-state index in [0.717, 1.165) is 0 Å². The molecule has 0 aliphatic rings. The molecular formula is C8H10N2O3. The third kappa shape index (κ3) is 2.40. The molecule has 5 heteroatoms. The van der Waals surface area contributed by atoms with Gasteiger partial charge in [-0.05, 0) is 6.92 Å². The molecule has 1 rings (SSSR count). The number of ether oxygens (including phenoxy) is 1. The van der Waals surface area contributed by atoms with Crippen LogP contribution in [-0.2, 0) is 16.1 Å². The fourth-order valence-corrected chi connectivity index (χ4v) is 0.907. The van der Waals surface area contributed by atoms with Crippen molar-refractivity contribution >= 4 is 12.3 Å². The van der Waals surface area contributed by atoms with Crippen molar-refractivity contribution in [1.82, 2.24) is 9.55 Å². The van der Waals surface area contributed by atoms with Crippen molar-refractivity contribution in [2.45, 2.75) is 13.5 Å². The Bertz CT molecular complexity index is 306. The Kier molecular flexibility index (Phi) is 3.19. The van der Waals surface area contributed by atoms with Crippen LogP contribution in [0.3, 0.4) is 0 Å². The summed E-state index contributed by atoms with van der Waals surface area (Å²) in [6, 6.07) is 0. The summed E-state index contributed by atoms with van der Waals surface area (Å²) in [6.07, 6.45) is 3.46. The van der Waals surface area contributed by atoms with Crippen molar-refractivity contribution in [2.75, 3.05) is 6.61 Å². The Morgan fingerprint density at radius 3 is 3.15 bits per heavy atom. The number of carbonyl (C=O) groups is 2. The Labute approximate surface area is 75.3 Å². The number of esters is 1. The molecule has 0 aromatic carbocycles. The van der Waals surface area contributed by atoms with Crippen LogP contribution >= 0.6 is 0 Å². The number of imidazole rings is 1. The second-order valence-corrected chi connectivity index (χ2v) is 2.37. The third-order valence-corrected chi connectivity index (χ3v) is 1.47. The van der Waals surface area contributed by atoms with E-state index in [1.54, 1.807) is 6.92 Å². The van der Waals surface area contributed by atoms with Gasteiger partial charge in [-0.1, -0.05) is 0 Å². The first-order valence-corrected chi connectivity index (χ1v) is 3.89. The summed E-state index contributed by atoms with van der Waals surface area (Å²) in [4.78, 5) is 25.1. The molecule has 0 aliphatic carbocycles. The van der Waals surface area contributed by atoms with Crippen LogP contribution < -0.4 is 0 Å². The first kappa shape index (κ1) is 9.44. The summed E-state index contributed by atoms with van der Waals surface area (Å²) < 4.78 is 6.15. The molecule has 0 bridgehead atoms. The number of nitrogens with zero attached hydrogens (tertiary/aromatic N) is 2. The average molecular weight is 182 g/mol. The maximum Gasteiger partial charge on any atom is 0.326 e. The van der Waals surface area contributed by atoms with Crippen LogP contribution in [-0.4, -0.2) is 28.4 Å². The van der Waals surface area contributed by atoms with Gasteiger partial charge in [0.1, 0.15) is 12.2 Å². The summed E-state index contributed by atoms with van der Waals surface area (Å²) in [5.41, 5.74) is 0.369. The minimum atomic E-state index is -0.372. The third-order valence-electron chi connectivity index (χ3n) is 1.47. The lowest BCUT2D eigenvalue weighted by Gasteiger charge is -2.03. The SMILES string of the molecule is CCOC(=O)Cn1cncc1C=O. The molecule has 0 saturated heterocycles. The Hall–Kier alpha value is -1.65. The molecule has 0 N–H and O–H groups in total. The minimum Gasteiger partial charge on any atom is -0.465 e. The van der Waals surface area contributed by atoms with Crippen molar-refractivity contribution in [3.8, 4) is 0 Å². The van der Waals surface area contributed by atoms with Gasteiger partial charge in [0.25, 0.3) is 0 Å². The molecule has 0 saturated carbocycles. The van der Waals surface area contributed by atoms with Gasteiger partial charge in [0.15, 0.2) is 6.29 Å². The molecule has 1 aromatic heterocycles. The Balaban J connectivity index is 2.62. The molecule has 0 radical (unpaired) electrons. The predicted octanol–water partition coefficient (Wildman–Crippen LogP) is 0.259. The number of rotatable bonds is 4. The zero-order valence-corrected chi connectivity index (χ0v) is 7.27. The highest BCUT2D eigenvalue weighted by molar-refractivity contribution is 5.74. The first-order valence-electron chi connectivity index (χ1n) is 3.89. The second kappa shape index (κ2) is 4.39. The highest BCUT2D eigenvalue weighted by Crippen LogP contribution is 1.96. The summed E-state index contributed by atoms with van der Waals surface area (Å²) in [5.74, 6) is -0.372. The Morgan fingerprint density at radius 1 is 1.77 bits per heavy atom. The molecule has 0 amide bonds. The van der Waals surface area contributed by atoms with E-state index in [1.165, 1.54) is 17.1 Å². The summed E-state index contributed by atoms with van der Waals surface area (Å²) in [5, 5.41) is 0. The molecule has 0 fully saturated rings. The molecule has 1 heterocycles. The summed E-state index contributed by atoms with van der Waals surface area (Å²) in [6.45, 7) is 2.10. The fraction of sp³-hybridized carbons (Fsp3) is 0.375. The lowest BCUT2D eigenvalue weighted by molar-refractivity contribution is -0.143. The quantitative estimate of drug-likeness (QED) is 0.495. The van der Waals surface area contributed by atoms with Gasteiger partial charge in [0, 0.05) is 0 Å². The molecular weight excluding hydrogens is 172 g/mol. The van der Waals surface area contributed by atoms with Crippen molar-refractivity contribution in [2.24, 2.45) is 0 Å². The van der Waals surface area contributed by atoms with E-state index < -0.39 is 0 Å². The van der Waals surface area contributed by atoms with Crippen molar-refractivity contribution in [3.05, 3.63) is 18.2 Å². The zero-order valence-electron chi connectivity index (χ0n) is 7.27. The molecule has 13 heavy (non-hydrogen) atoms. The van der Waals surface area contributed by atoms with Crippen molar-refractivity contribution in [3.63, 3.8) is 0 Å². The van der Waals surface area contributed by atoms with Gasteiger partial charge in [-0.25, -0.2) is 4.98 Å². The number of hydrogen-bond acceptors (Lipinski definition) is 4.